The van der Waals surface area contributed by atoms with Crippen LogP contribution in [0.1, 0.15) is 28.4 Å². The monoisotopic (exact) mass is 421 g/mol. The van der Waals surface area contributed by atoms with E-state index < -0.39 is 0 Å². The highest BCUT2D eigenvalue weighted by atomic mass is 32.1. The average molecular weight is 422 g/mol. The first-order valence-corrected chi connectivity index (χ1v) is 10.4. The number of thiocarbonyl (C=S) groups is 1. The minimum absolute atomic E-state index is 0.0797. The number of nitrogens with one attached hydrogen (secondary N) is 1. The Bertz CT molecular complexity index is 1080. The summed E-state index contributed by atoms with van der Waals surface area (Å²) in [4.78, 5) is 2.24. The normalized spacial score (nSPS) is 15.5. The molecule has 1 aromatic heterocycles. The number of anilines is 1. The molecular weight excluding hydrogens is 394 g/mol. The van der Waals surface area contributed by atoms with Crippen LogP contribution in [-0.2, 0) is 6.54 Å². The van der Waals surface area contributed by atoms with Crippen molar-refractivity contribution >= 4 is 23.0 Å². The molecule has 1 aliphatic heterocycles. The predicted molar refractivity (Wildman–Crippen MR) is 125 cm³/mol. The van der Waals surface area contributed by atoms with E-state index in [1.165, 1.54) is 16.8 Å². The summed E-state index contributed by atoms with van der Waals surface area (Å²) in [7, 11) is 3.38. The third-order valence-corrected chi connectivity index (χ3v) is 6.21. The van der Waals surface area contributed by atoms with E-state index in [4.69, 9.17) is 21.7 Å². The Morgan fingerprint density at radius 3 is 2.63 bits per heavy atom. The molecule has 0 radical (unpaired) electrons. The Labute approximate surface area is 183 Å². The number of aryl methyl sites for hydroxylation is 1. The molecule has 6 heteroatoms. The number of hydrogen-bond acceptors (Lipinski definition) is 3. The van der Waals surface area contributed by atoms with Crippen molar-refractivity contribution in [2.75, 3.05) is 26.1 Å². The van der Waals surface area contributed by atoms with Gasteiger partial charge in [0.15, 0.2) is 5.11 Å². The molecule has 5 nitrogen and oxygen atoms in total. The Morgan fingerprint density at radius 1 is 1.03 bits per heavy atom. The van der Waals surface area contributed by atoms with Gasteiger partial charge in [0.25, 0.3) is 0 Å². The summed E-state index contributed by atoms with van der Waals surface area (Å²) in [6.07, 6.45) is 2.12. The number of hydrogen-bond donors (Lipinski definition) is 1. The Balaban J connectivity index is 1.76. The van der Waals surface area contributed by atoms with E-state index in [9.17, 15) is 0 Å². The minimum atomic E-state index is -0.0797. The van der Waals surface area contributed by atoms with Gasteiger partial charge >= 0.3 is 0 Å². The van der Waals surface area contributed by atoms with Crippen molar-refractivity contribution in [3.05, 3.63) is 77.1 Å². The summed E-state index contributed by atoms with van der Waals surface area (Å²) < 4.78 is 13.5. The molecule has 30 heavy (non-hydrogen) atoms. The molecule has 0 spiro atoms. The highest BCUT2D eigenvalue weighted by molar-refractivity contribution is 7.80. The lowest BCUT2D eigenvalue weighted by Crippen LogP contribution is -2.44. The van der Waals surface area contributed by atoms with Crippen LogP contribution in [0.2, 0.25) is 0 Å². The van der Waals surface area contributed by atoms with E-state index in [2.05, 4.69) is 65.2 Å². The van der Waals surface area contributed by atoms with Crippen LogP contribution in [0.5, 0.6) is 11.5 Å². The molecule has 2 heterocycles. The first-order valence-electron chi connectivity index (χ1n) is 10.0. The molecule has 0 saturated heterocycles. The van der Waals surface area contributed by atoms with Crippen LogP contribution in [0, 0.1) is 13.8 Å². The molecule has 0 fully saturated rings. The first-order chi connectivity index (χ1) is 14.5. The molecule has 2 aromatic carbocycles. The van der Waals surface area contributed by atoms with Crippen LogP contribution < -0.4 is 14.8 Å². The topological polar surface area (TPSA) is 38.7 Å². The van der Waals surface area contributed by atoms with Crippen molar-refractivity contribution in [3.63, 3.8) is 0 Å². The van der Waals surface area contributed by atoms with Crippen LogP contribution in [0.25, 0.3) is 0 Å². The summed E-state index contributed by atoms with van der Waals surface area (Å²) in [5.74, 6) is 1.61. The maximum atomic E-state index is 5.91. The fourth-order valence-corrected chi connectivity index (χ4v) is 4.36. The molecule has 0 saturated carbocycles. The van der Waals surface area contributed by atoms with Crippen LogP contribution >= 0.6 is 12.2 Å². The van der Waals surface area contributed by atoms with E-state index in [1.807, 2.05) is 18.2 Å². The summed E-state index contributed by atoms with van der Waals surface area (Å²) in [5.41, 5.74) is 5.69. The van der Waals surface area contributed by atoms with E-state index in [-0.39, 0.29) is 6.04 Å². The molecule has 4 rings (SSSR count). The third kappa shape index (κ3) is 3.63. The van der Waals surface area contributed by atoms with E-state index in [1.54, 1.807) is 14.2 Å². The number of fused-ring (bicyclic) bond motifs is 1. The second-order valence-corrected chi connectivity index (χ2v) is 7.89. The van der Waals surface area contributed by atoms with Gasteiger partial charge in [0.1, 0.15) is 17.5 Å². The zero-order chi connectivity index (χ0) is 21.3. The molecule has 0 aliphatic carbocycles. The predicted octanol–water partition coefficient (Wildman–Crippen LogP) is 4.92. The molecule has 3 aromatic rings. The molecular formula is C24H27N3O2S. The minimum Gasteiger partial charge on any atom is -0.497 e. The van der Waals surface area contributed by atoms with Gasteiger partial charge < -0.3 is 24.3 Å². The van der Waals surface area contributed by atoms with Gasteiger partial charge in [-0.3, -0.25) is 0 Å². The summed E-state index contributed by atoms with van der Waals surface area (Å²) >= 11 is 5.91. The van der Waals surface area contributed by atoms with Crippen molar-refractivity contribution in [2.24, 2.45) is 0 Å². The number of nitrogens with zero attached hydrogens (tertiary/aromatic N) is 2. The summed E-state index contributed by atoms with van der Waals surface area (Å²) in [6, 6.07) is 16.3. The number of benzene rings is 2. The third-order valence-electron chi connectivity index (χ3n) is 5.88. The highest BCUT2D eigenvalue weighted by Crippen LogP contribution is 2.39. The SMILES string of the molecule is COc1ccc(OC)c([C@H]2c3cccn3CCN2C(=S)Nc2cccc(C)c2C)c1. The van der Waals surface area contributed by atoms with Gasteiger partial charge in [-0.2, -0.15) is 0 Å². The van der Waals surface area contributed by atoms with Gasteiger partial charge in [0.05, 0.1) is 14.2 Å². The van der Waals surface area contributed by atoms with Crippen molar-refractivity contribution in [2.45, 2.75) is 26.4 Å². The molecule has 0 unspecified atom stereocenters. The van der Waals surface area contributed by atoms with Gasteiger partial charge in [-0.25, -0.2) is 0 Å². The van der Waals surface area contributed by atoms with Crippen LogP contribution in [0.4, 0.5) is 5.69 Å². The number of aromatic nitrogens is 1. The standard InChI is InChI=1S/C24H27N3O2S/c1-16-7-5-8-20(17(16)2)25-24(30)27-14-13-26-12-6-9-21(26)23(27)19-15-18(28-3)10-11-22(19)29-4/h5-12,15,23H,13-14H2,1-4H3,(H,25,30)/t23-/m0/s1. The van der Waals surface area contributed by atoms with Gasteiger partial charge in [-0.1, -0.05) is 12.1 Å². The van der Waals surface area contributed by atoms with Crippen molar-refractivity contribution in [3.8, 4) is 11.5 Å². The first kappa shape index (κ1) is 20.3. The zero-order valence-electron chi connectivity index (χ0n) is 17.8. The Morgan fingerprint density at radius 2 is 1.87 bits per heavy atom. The average Bonchev–Trinajstić information content (AvgIpc) is 3.24. The lowest BCUT2D eigenvalue weighted by atomic mass is 9.98. The molecule has 1 N–H and O–H groups in total. The lowest BCUT2D eigenvalue weighted by Gasteiger charge is -2.39. The smallest absolute Gasteiger partial charge is 0.174 e. The molecule has 1 aliphatic rings. The van der Waals surface area contributed by atoms with Gasteiger partial charge in [-0.15, -0.1) is 0 Å². The van der Waals surface area contributed by atoms with E-state index in [0.717, 1.165) is 35.8 Å². The second-order valence-electron chi connectivity index (χ2n) is 7.51. The number of rotatable bonds is 4. The Kier molecular flexibility index (Phi) is 5.68. The molecule has 0 amide bonds. The van der Waals surface area contributed by atoms with Gasteiger partial charge in [-0.05, 0) is 73.6 Å². The van der Waals surface area contributed by atoms with Crippen molar-refractivity contribution < 1.29 is 9.47 Å². The fourth-order valence-electron chi connectivity index (χ4n) is 4.06. The van der Waals surface area contributed by atoms with Gasteiger partial charge in [0.2, 0.25) is 0 Å². The van der Waals surface area contributed by atoms with Gasteiger partial charge in [0, 0.05) is 36.2 Å². The zero-order valence-corrected chi connectivity index (χ0v) is 18.6. The van der Waals surface area contributed by atoms with E-state index in [0.29, 0.717) is 5.11 Å². The highest BCUT2D eigenvalue weighted by Gasteiger charge is 2.33. The van der Waals surface area contributed by atoms with Crippen molar-refractivity contribution in [1.82, 2.24) is 9.47 Å². The maximum Gasteiger partial charge on any atom is 0.174 e. The Hall–Kier alpha value is -2.99. The summed E-state index contributed by atoms with van der Waals surface area (Å²) in [6.45, 7) is 5.90. The van der Waals surface area contributed by atoms with Crippen molar-refractivity contribution in [1.29, 1.82) is 0 Å². The van der Waals surface area contributed by atoms with Crippen LogP contribution in [-0.4, -0.2) is 35.3 Å². The lowest BCUT2D eigenvalue weighted by molar-refractivity contribution is 0.284. The number of methoxy groups -OCH3 is 2. The van der Waals surface area contributed by atoms with E-state index >= 15 is 0 Å². The second kappa shape index (κ2) is 8.40. The quantitative estimate of drug-likeness (QED) is 0.605. The number of ether oxygens (including phenoxy) is 2. The van der Waals surface area contributed by atoms with Crippen LogP contribution in [0.15, 0.2) is 54.7 Å². The fraction of sp³-hybridized carbons (Fsp3) is 0.292. The molecule has 1 atom stereocenters. The largest absolute Gasteiger partial charge is 0.497 e. The molecule has 0 bridgehead atoms. The molecule has 156 valence electrons. The van der Waals surface area contributed by atoms with Crippen LogP contribution in [0.3, 0.4) is 0 Å². The summed E-state index contributed by atoms with van der Waals surface area (Å²) in [5, 5.41) is 4.19. The maximum absolute atomic E-state index is 5.91.